The summed E-state index contributed by atoms with van der Waals surface area (Å²) in [4.78, 5) is 1.33. The van der Waals surface area contributed by atoms with Gasteiger partial charge in [-0.2, -0.15) is 0 Å². The molecule has 0 spiro atoms. The topological polar surface area (TPSA) is 15.3 Å². The van der Waals surface area contributed by atoms with Gasteiger partial charge in [0.15, 0.2) is 4.32 Å². The first kappa shape index (κ1) is 8.50. The Morgan fingerprint density at radius 3 is 3.00 bits per heavy atom. The number of thiocarbonyl (C=S) groups is 1. The van der Waals surface area contributed by atoms with Gasteiger partial charge in [0, 0.05) is 11.9 Å². The van der Waals surface area contributed by atoms with Gasteiger partial charge < -0.3 is 0 Å². The lowest BCUT2D eigenvalue weighted by atomic mass is 10.5. The Morgan fingerprint density at radius 2 is 2.50 bits per heavy atom. The molecule has 64 valence electrons. The van der Waals surface area contributed by atoms with E-state index in [2.05, 4.69) is 22.9 Å². The normalized spacial score (nSPS) is 23.6. The Morgan fingerprint density at radius 1 is 1.67 bits per heavy atom. The van der Waals surface area contributed by atoms with Crippen LogP contribution in [0.5, 0.6) is 0 Å². The summed E-state index contributed by atoms with van der Waals surface area (Å²) in [5.41, 5.74) is 3.27. The molecule has 1 unspecified atom stereocenters. The average molecular weight is 216 g/mol. The zero-order valence-electron chi connectivity index (χ0n) is 6.48. The van der Waals surface area contributed by atoms with Gasteiger partial charge in [0.2, 0.25) is 0 Å². The fourth-order valence-electron chi connectivity index (χ4n) is 0.997. The second-order valence-electron chi connectivity index (χ2n) is 2.47. The molecule has 1 N–H and O–H groups in total. The zero-order chi connectivity index (χ0) is 8.55. The lowest BCUT2D eigenvalue weighted by Crippen LogP contribution is -2.29. The van der Waals surface area contributed by atoms with Crippen molar-refractivity contribution < 1.29 is 0 Å². The molecule has 2 heterocycles. The molecule has 1 atom stereocenters. The summed E-state index contributed by atoms with van der Waals surface area (Å²) in [5, 5.41) is 4.30. The van der Waals surface area contributed by atoms with Crippen molar-refractivity contribution >= 4 is 39.6 Å². The maximum absolute atomic E-state index is 5.12. The minimum Gasteiger partial charge on any atom is -0.295 e. The molecule has 0 aromatic carbocycles. The predicted octanol–water partition coefficient (Wildman–Crippen LogP) is 2.21. The van der Waals surface area contributed by atoms with E-state index in [1.54, 1.807) is 23.1 Å². The van der Waals surface area contributed by atoms with Crippen molar-refractivity contribution in [3.05, 3.63) is 22.4 Å². The van der Waals surface area contributed by atoms with Gasteiger partial charge in [-0.1, -0.05) is 30.0 Å². The van der Waals surface area contributed by atoms with Crippen LogP contribution in [0.2, 0.25) is 0 Å². The Bertz CT molecular complexity index is 283. The van der Waals surface area contributed by atoms with Crippen LogP contribution in [0.1, 0.15) is 10.3 Å². The molecule has 0 aliphatic carbocycles. The monoisotopic (exact) mass is 216 g/mol. The van der Waals surface area contributed by atoms with Crippen molar-refractivity contribution in [2.45, 2.75) is 5.37 Å². The third-order valence-corrected chi connectivity index (χ3v) is 4.32. The second kappa shape index (κ2) is 3.33. The predicted molar refractivity (Wildman–Crippen MR) is 58.1 cm³/mol. The van der Waals surface area contributed by atoms with Crippen LogP contribution in [0.4, 0.5) is 0 Å². The van der Waals surface area contributed by atoms with Crippen molar-refractivity contribution in [3.8, 4) is 0 Å². The molecule has 0 amide bonds. The number of thiophene rings is 1. The van der Waals surface area contributed by atoms with E-state index < -0.39 is 0 Å². The Kier molecular flexibility index (Phi) is 2.36. The van der Waals surface area contributed by atoms with E-state index in [0.717, 1.165) is 4.32 Å². The average Bonchev–Trinajstić information content (AvgIpc) is 2.61. The largest absolute Gasteiger partial charge is 0.295 e. The first-order valence-electron chi connectivity index (χ1n) is 3.51. The fraction of sp³-hybridized carbons (Fsp3) is 0.286. The molecule has 0 bridgehead atoms. The van der Waals surface area contributed by atoms with Crippen LogP contribution in [-0.2, 0) is 0 Å². The van der Waals surface area contributed by atoms with Crippen molar-refractivity contribution in [2.75, 3.05) is 7.05 Å². The highest BCUT2D eigenvalue weighted by molar-refractivity contribution is 8.23. The molecule has 1 aliphatic heterocycles. The fourth-order valence-corrected chi connectivity index (χ4v) is 3.12. The molecule has 2 rings (SSSR count). The molecular weight excluding hydrogens is 208 g/mol. The first-order valence-corrected chi connectivity index (χ1v) is 5.68. The van der Waals surface area contributed by atoms with Crippen LogP contribution in [-0.4, -0.2) is 16.4 Å². The maximum atomic E-state index is 5.12. The molecule has 12 heavy (non-hydrogen) atoms. The second-order valence-corrected chi connectivity index (χ2v) is 5.19. The van der Waals surface area contributed by atoms with Gasteiger partial charge in [0.05, 0.1) is 0 Å². The number of thioether (sulfide) groups is 1. The van der Waals surface area contributed by atoms with Crippen molar-refractivity contribution in [3.63, 3.8) is 0 Å². The highest BCUT2D eigenvalue weighted by Gasteiger charge is 2.25. The Balaban J connectivity index is 2.14. The molecular formula is C7H8N2S3. The van der Waals surface area contributed by atoms with Crippen LogP contribution in [0.15, 0.2) is 17.5 Å². The number of hydrazine groups is 1. The summed E-state index contributed by atoms with van der Waals surface area (Å²) >= 11 is 8.57. The molecule has 0 saturated carbocycles. The standard InChI is InChI=1S/C7H8N2S3/c1-9-7(10)12-6(8-9)5-3-2-4-11-5/h2-4,6,8H,1H3. The molecule has 0 radical (unpaired) electrons. The Labute approximate surface area is 84.9 Å². The van der Waals surface area contributed by atoms with Gasteiger partial charge in [-0.05, 0) is 11.4 Å². The number of nitrogens with one attached hydrogen (secondary N) is 1. The lowest BCUT2D eigenvalue weighted by molar-refractivity contribution is 0.386. The van der Waals surface area contributed by atoms with E-state index in [-0.39, 0.29) is 0 Å². The van der Waals surface area contributed by atoms with Gasteiger partial charge >= 0.3 is 0 Å². The summed E-state index contributed by atoms with van der Waals surface area (Å²) < 4.78 is 0.911. The number of nitrogens with zero attached hydrogens (tertiary/aromatic N) is 1. The molecule has 2 nitrogen and oxygen atoms in total. The third kappa shape index (κ3) is 1.50. The first-order chi connectivity index (χ1) is 5.77. The van der Waals surface area contributed by atoms with Crippen LogP contribution < -0.4 is 5.43 Å². The van der Waals surface area contributed by atoms with Gasteiger partial charge in [0.25, 0.3) is 0 Å². The summed E-state index contributed by atoms with van der Waals surface area (Å²) in [5.74, 6) is 0. The number of hydrogen-bond donors (Lipinski definition) is 1. The highest BCUT2D eigenvalue weighted by atomic mass is 32.2. The van der Waals surface area contributed by atoms with Crippen molar-refractivity contribution in [1.29, 1.82) is 0 Å². The molecule has 1 aromatic rings. The lowest BCUT2D eigenvalue weighted by Gasteiger charge is -2.10. The van der Waals surface area contributed by atoms with E-state index in [1.807, 2.05) is 12.1 Å². The van der Waals surface area contributed by atoms with Crippen LogP contribution in [0.25, 0.3) is 0 Å². The van der Waals surface area contributed by atoms with E-state index in [0.29, 0.717) is 5.37 Å². The highest BCUT2D eigenvalue weighted by Crippen LogP contribution is 2.35. The molecule has 5 heteroatoms. The molecule has 1 saturated heterocycles. The quantitative estimate of drug-likeness (QED) is 0.724. The number of hydrogen-bond acceptors (Lipinski definition) is 4. The van der Waals surface area contributed by atoms with Gasteiger partial charge in [-0.3, -0.25) is 5.01 Å². The van der Waals surface area contributed by atoms with Gasteiger partial charge in [-0.25, -0.2) is 5.43 Å². The SMILES string of the molecule is CN1NC(c2cccs2)SC1=S. The summed E-state index contributed by atoms with van der Waals surface area (Å²) in [6.07, 6.45) is 0. The Hall–Kier alpha value is -0.100. The van der Waals surface area contributed by atoms with E-state index in [9.17, 15) is 0 Å². The molecule has 1 aliphatic rings. The zero-order valence-corrected chi connectivity index (χ0v) is 8.93. The summed E-state index contributed by atoms with van der Waals surface area (Å²) in [6.45, 7) is 0. The smallest absolute Gasteiger partial charge is 0.152 e. The minimum atomic E-state index is 0.322. The van der Waals surface area contributed by atoms with Crippen LogP contribution in [0.3, 0.4) is 0 Å². The van der Waals surface area contributed by atoms with E-state index >= 15 is 0 Å². The molecule has 1 aromatic heterocycles. The van der Waals surface area contributed by atoms with Crippen molar-refractivity contribution in [1.82, 2.24) is 10.4 Å². The van der Waals surface area contributed by atoms with Crippen molar-refractivity contribution in [2.24, 2.45) is 0 Å². The van der Waals surface area contributed by atoms with E-state index in [4.69, 9.17) is 12.2 Å². The summed E-state index contributed by atoms with van der Waals surface area (Å²) in [6, 6.07) is 4.18. The molecule has 1 fully saturated rings. The minimum absolute atomic E-state index is 0.322. The van der Waals surface area contributed by atoms with Gasteiger partial charge in [0.1, 0.15) is 5.37 Å². The maximum Gasteiger partial charge on any atom is 0.152 e. The third-order valence-electron chi connectivity index (χ3n) is 1.61. The van der Waals surface area contributed by atoms with Gasteiger partial charge in [-0.15, -0.1) is 11.3 Å². The van der Waals surface area contributed by atoms with E-state index in [1.165, 1.54) is 4.88 Å². The summed E-state index contributed by atoms with van der Waals surface area (Å²) in [7, 11) is 1.95. The van der Waals surface area contributed by atoms with Crippen LogP contribution >= 0.6 is 35.3 Å². The number of rotatable bonds is 1. The van der Waals surface area contributed by atoms with Crippen LogP contribution in [0, 0.1) is 0 Å².